The molecule has 2 aromatic rings. The van der Waals surface area contributed by atoms with Gasteiger partial charge in [-0.3, -0.25) is 9.88 Å². The van der Waals surface area contributed by atoms with Gasteiger partial charge in [-0.05, 0) is 37.5 Å². The number of pyridine rings is 2. The quantitative estimate of drug-likeness (QED) is 0.626. The van der Waals surface area contributed by atoms with E-state index in [1.54, 1.807) is 12.3 Å². The van der Waals surface area contributed by atoms with E-state index in [1.807, 2.05) is 6.92 Å². The molecule has 2 atom stereocenters. The zero-order chi connectivity index (χ0) is 19.4. The second kappa shape index (κ2) is 8.93. The smallest absolute Gasteiger partial charge is 0.149 e. The normalized spacial score (nSPS) is 18.6. The number of aliphatic hydroxyl groups is 2. The highest BCUT2D eigenvalue weighted by Crippen LogP contribution is 2.31. The predicted molar refractivity (Wildman–Crippen MR) is 103 cm³/mol. The van der Waals surface area contributed by atoms with Gasteiger partial charge in [-0.15, -0.1) is 0 Å². The van der Waals surface area contributed by atoms with Gasteiger partial charge in [-0.1, -0.05) is 11.6 Å². The molecule has 0 spiro atoms. The predicted octanol–water partition coefficient (Wildman–Crippen LogP) is 2.69. The van der Waals surface area contributed by atoms with Crippen molar-refractivity contribution in [2.75, 3.05) is 25.0 Å². The first-order valence-electron chi connectivity index (χ1n) is 9.04. The Hall–Kier alpha value is -1.80. The molecule has 3 rings (SSSR count). The summed E-state index contributed by atoms with van der Waals surface area (Å²) in [4.78, 5) is 10.5. The summed E-state index contributed by atoms with van der Waals surface area (Å²) in [5.74, 6) is -0.436. The molecule has 0 saturated carbocycles. The minimum Gasteiger partial charge on any atom is -0.396 e. The molecule has 6 nitrogen and oxygen atoms in total. The number of hydrogen-bond acceptors (Lipinski definition) is 6. The number of halogens is 2. The van der Waals surface area contributed by atoms with Crippen LogP contribution in [0.25, 0.3) is 11.3 Å². The van der Waals surface area contributed by atoms with Gasteiger partial charge in [0.1, 0.15) is 16.7 Å². The first kappa shape index (κ1) is 19.9. The third kappa shape index (κ3) is 5.13. The van der Waals surface area contributed by atoms with Crippen molar-refractivity contribution < 1.29 is 14.6 Å². The zero-order valence-corrected chi connectivity index (χ0v) is 16.0. The lowest BCUT2D eigenvalue weighted by Crippen LogP contribution is -2.21. The molecular weight excluding hydrogens is 371 g/mol. The number of nitrogens with one attached hydrogen (secondary N) is 1. The number of β-amino-alcohol motifs (C(OH)–C–C–N with tert-alkyl or cyclic N) is 1. The van der Waals surface area contributed by atoms with Crippen LogP contribution in [0.1, 0.15) is 25.3 Å². The number of likely N-dealkylation sites (tertiary alicyclic amines) is 1. The first-order valence-corrected chi connectivity index (χ1v) is 9.42. The van der Waals surface area contributed by atoms with Crippen LogP contribution in [-0.4, -0.2) is 56.9 Å². The summed E-state index contributed by atoms with van der Waals surface area (Å²) >= 11 is 6.00. The van der Waals surface area contributed by atoms with Gasteiger partial charge in [0.15, 0.2) is 0 Å². The van der Waals surface area contributed by atoms with E-state index < -0.39 is 5.82 Å². The topological polar surface area (TPSA) is 81.5 Å². The third-order valence-electron chi connectivity index (χ3n) is 4.64. The highest BCUT2D eigenvalue weighted by Gasteiger charge is 2.21. The van der Waals surface area contributed by atoms with E-state index in [2.05, 4.69) is 20.2 Å². The summed E-state index contributed by atoms with van der Waals surface area (Å²) < 4.78 is 14.8. The summed E-state index contributed by atoms with van der Waals surface area (Å²) in [5.41, 5.74) is 2.10. The van der Waals surface area contributed by atoms with Crippen molar-refractivity contribution in [3.63, 3.8) is 0 Å². The molecular formula is C19H24ClFN4O2. The number of anilines is 1. The van der Waals surface area contributed by atoms with E-state index in [4.69, 9.17) is 16.7 Å². The molecule has 3 heterocycles. The van der Waals surface area contributed by atoms with Crippen LogP contribution in [0.3, 0.4) is 0 Å². The first-order chi connectivity index (χ1) is 13.0. The maximum absolute atomic E-state index is 14.8. The Morgan fingerprint density at radius 3 is 2.85 bits per heavy atom. The number of aliphatic hydroxyl groups excluding tert-OH is 2. The van der Waals surface area contributed by atoms with Crippen LogP contribution in [0.4, 0.5) is 10.1 Å². The average Bonchev–Trinajstić information content (AvgIpc) is 3.01. The molecule has 0 radical (unpaired) electrons. The highest BCUT2D eigenvalue weighted by molar-refractivity contribution is 6.29. The fourth-order valence-corrected chi connectivity index (χ4v) is 3.40. The summed E-state index contributed by atoms with van der Waals surface area (Å²) in [5, 5.41) is 22.2. The van der Waals surface area contributed by atoms with Crippen molar-refractivity contribution >= 4 is 17.3 Å². The fraction of sp³-hybridized carbons (Fsp3) is 0.474. The van der Waals surface area contributed by atoms with E-state index in [9.17, 15) is 9.50 Å². The highest BCUT2D eigenvalue weighted by atomic mass is 35.5. The maximum Gasteiger partial charge on any atom is 0.149 e. The maximum atomic E-state index is 14.8. The Labute approximate surface area is 163 Å². The fourth-order valence-electron chi connectivity index (χ4n) is 3.25. The van der Waals surface area contributed by atoms with Gasteiger partial charge < -0.3 is 15.5 Å². The summed E-state index contributed by atoms with van der Waals surface area (Å²) in [6, 6.07) is 3.09. The van der Waals surface area contributed by atoms with Crippen LogP contribution < -0.4 is 5.32 Å². The van der Waals surface area contributed by atoms with Crippen molar-refractivity contribution in [2.24, 2.45) is 0 Å². The van der Waals surface area contributed by atoms with Gasteiger partial charge in [0.05, 0.1) is 6.10 Å². The molecule has 3 N–H and O–H groups in total. The van der Waals surface area contributed by atoms with Gasteiger partial charge in [0.25, 0.3) is 0 Å². The van der Waals surface area contributed by atoms with Crippen molar-refractivity contribution in [3.8, 4) is 11.3 Å². The minimum absolute atomic E-state index is 0.0175. The molecule has 1 fully saturated rings. The van der Waals surface area contributed by atoms with Crippen molar-refractivity contribution in [3.05, 3.63) is 41.1 Å². The largest absolute Gasteiger partial charge is 0.396 e. The Balaban J connectivity index is 1.83. The molecule has 0 bridgehead atoms. The number of aromatic nitrogens is 2. The third-order valence-corrected chi connectivity index (χ3v) is 4.85. The molecule has 146 valence electrons. The van der Waals surface area contributed by atoms with Gasteiger partial charge >= 0.3 is 0 Å². The number of nitrogens with zero attached hydrogens (tertiary/aromatic N) is 3. The standard InChI is InChI=1S/C19H24ClFN4O2/c1-12(3-5-26)24-17-7-18(20)22-9-15(17)19-16(21)6-13(8-23-19)10-25-4-2-14(27)11-25/h6-9,12,14,26-27H,2-5,10-11H2,1H3,(H,22,24)/t12-,14+/m0/s1. The molecule has 2 aromatic heterocycles. The molecule has 8 heteroatoms. The molecule has 1 saturated heterocycles. The second-order valence-corrected chi connectivity index (χ2v) is 7.35. The Bertz CT molecular complexity index is 792. The molecule has 0 amide bonds. The summed E-state index contributed by atoms with van der Waals surface area (Å²) in [6.45, 7) is 3.92. The number of rotatable bonds is 7. The van der Waals surface area contributed by atoms with E-state index >= 15 is 0 Å². The molecule has 1 aliphatic heterocycles. The van der Waals surface area contributed by atoms with E-state index in [-0.39, 0.29) is 24.4 Å². The Kier molecular flexibility index (Phi) is 6.59. The molecule has 0 aromatic carbocycles. The monoisotopic (exact) mass is 394 g/mol. The molecule has 0 aliphatic carbocycles. The van der Waals surface area contributed by atoms with Crippen LogP contribution in [0.5, 0.6) is 0 Å². The summed E-state index contributed by atoms with van der Waals surface area (Å²) in [6.07, 6.45) is 4.13. The molecule has 1 aliphatic rings. The van der Waals surface area contributed by atoms with E-state index in [0.29, 0.717) is 35.9 Å². The van der Waals surface area contributed by atoms with Gasteiger partial charge in [-0.2, -0.15) is 0 Å². The van der Waals surface area contributed by atoms with Crippen molar-refractivity contribution in [1.29, 1.82) is 0 Å². The SMILES string of the molecule is C[C@@H](CCO)Nc1cc(Cl)ncc1-c1ncc(CN2CC[C@@H](O)C2)cc1F. The van der Waals surface area contributed by atoms with Gasteiger partial charge in [0.2, 0.25) is 0 Å². The lowest BCUT2D eigenvalue weighted by molar-refractivity contribution is 0.174. The number of hydrogen-bond donors (Lipinski definition) is 3. The lowest BCUT2D eigenvalue weighted by Gasteiger charge is -2.18. The van der Waals surface area contributed by atoms with Gasteiger partial charge in [-0.25, -0.2) is 9.37 Å². The van der Waals surface area contributed by atoms with Crippen LogP contribution in [0.15, 0.2) is 24.5 Å². The lowest BCUT2D eigenvalue weighted by atomic mass is 10.1. The average molecular weight is 395 g/mol. The minimum atomic E-state index is -0.436. The second-order valence-electron chi connectivity index (χ2n) is 6.96. The zero-order valence-electron chi connectivity index (χ0n) is 15.2. The Morgan fingerprint density at radius 1 is 1.37 bits per heavy atom. The molecule has 27 heavy (non-hydrogen) atoms. The van der Waals surface area contributed by atoms with Gasteiger partial charge in [0, 0.05) is 55.9 Å². The summed E-state index contributed by atoms with van der Waals surface area (Å²) in [7, 11) is 0. The van der Waals surface area contributed by atoms with Crippen LogP contribution >= 0.6 is 11.6 Å². The van der Waals surface area contributed by atoms with Crippen LogP contribution in [-0.2, 0) is 6.54 Å². The molecule has 0 unspecified atom stereocenters. The van der Waals surface area contributed by atoms with E-state index in [0.717, 1.165) is 18.5 Å². The van der Waals surface area contributed by atoms with Crippen LogP contribution in [0, 0.1) is 5.82 Å². The van der Waals surface area contributed by atoms with Crippen molar-refractivity contribution in [1.82, 2.24) is 14.9 Å². The Morgan fingerprint density at radius 2 is 2.19 bits per heavy atom. The van der Waals surface area contributed by atoms with E-state index in [1.165, 1.54) is 12.3 Å². The van der Waals surface area contributed by atoms with Crippen LogP contribution in [0.2, 0.25) is 5.15 Å². The van der Waals surface area contributed by atoms with Crippen molar-refractivity contribution in [2.45, 2.75) is 38.5 Å².